The highest BCUT2D eigenvalue weighted by Crippen LogP contribution is 2.30. The Morgan fingerprint density at radius 1 is 1.20 bits per heavy atom. The molecule has 4 nitrogen and oxygen atoms in total. The average Bonchev–Trinajstić information content (AvgIpc) is 2.79. The molecule has 0 unspecified atom stereocenters. The van der Waals surface area contributed by atoms with E-state index >= 15 is 0 Å². The summed E-state index contributed by atoms with van der Waals surface area (Å²) in [4.78, 5) is 0. The summed E-state index contributed by atoms with van der Waals surface area (Å²) in [5.74, 6) is 3.45. The van der Waals surface area contributed by atoms with Crippen molar-refractivity contribution < 1.29 is 0 Å². The Morgan fingerprint density at radius 3 is 2.50 bits per heavy atom. The fourth-order valence-corrected chi connectivity index (χ4v) is 3.55. The summed E-state index contributed by atoms with van der Waals surface area (Å²) >= 11 is 0. The molecular weight excluding hydrogens is 248 g/mol. The van der Waals surface area contributed by atoms with Gasteiger partial charge in [0, 0.05) is 12.5 Å². The minimum absolute atomic E-state index is 0.529. The molecule has 4 heteroatoms. The fourth-order valence-electron chi connectivity index (χ4n) is 3.55. The first-order chi connectivity index (χ1) is 9.61. The third-order valence-electron chi connectivity index (χ3n) is 4.49. The summed E-state index contributed by atoms with van der Waals surface area (Å²) < 4.78 is 2.40. The van der Waals surface area contributed by atoms with Crippen LogP contribution in [0.5, 0.6) is 0 Å². The molecule has 1 aromatic rings. The summed E-state index contributed by atoms with van der Waals surface area (Å²) in [6.45, 7) is 7.36. The van der Waals surface area contributed by atoms with E-state index in [0.717, 1.165) is 24.6 Å². The zero-order valence-corrected chi connectivity index (χ0v) is 13.3. The summed E-state index contributed by atoms with van der Waals surface area (Å²) in [5.41, 5.74) is 5.95. The van der Waals surface area contributed by atoms with Gasteiger partial charge in [-0.15, -0.1) is 10.2 Å². The lowest BCUT2D eigenvalue weighted by Gasteiger charge is -2.26. The van der Waals surface area contributed by atoms with E-state index in [0.29, 0.717) is 17.9 Å². The van der Waals surface area contributed by atoms with Crippen molar-refractivity contribution in [2.45, 2.75) is 71.8 Å². The maximum atomic E-state index is 5.95. The largest absolute Gasteiger partial charge is 0.330 e. The van der Waals surface area contributed by atoms with Crippen LogP contribution in [-0.2, 0) is 6.42 Å². The van der Waals surface area contributed by atoms with Gasteiger partial charge >= 0.3 is 0 Å². The van der Waals surface area contributed by atoms with Crippen LogP contribution in [0.4, 0.5) is 0 Å². The second kappa shape index (κ2) is 7.21. The summed E-state index contributed by atoms with van der Waals surface area (Å²) in [5, 5.41) is 8.77. The second-order valence-corrected chi connectivity index (χ2v) is 6.76. The molecule has 0 aromatic carbocycles. The van der Waals surface area contributed by atoms with Crippen molar-refractivity contribution in [1.82, 2.24) is 14.8 Å². The molecule has 0 spiro atoms. The maximum Gasteiger partial charge on any atom is 0.133 e. The zero-order valence-electron chi connectivity index (χ0n) is 13.3. The first kappa shape index (κ1) is 15.5. The Balaban J connectivity index is 2.11. The summed E-state index contributed by atoms with van der Waals surface area (Å²) in [6.07, 6.45) is 8.78. The van der Waals surface area contributed by atoms with E-state index < -0.39 is 0 Å². The van der Waals surface area contributed by atoms with E-state index in [1.165, 1.54) is 38.5 Å². The number of aromatic nitrogens is 3. The minimum Gasteiger partial charge on any atom is -0.330 e. The molecule has 1 saturated carbocycles. The normalized spacial score (nSPS) is 18.6. The monoisotopic (exact) mass is 278 g/mol. The number of hydrogen-bond acceptors (Lipinski definition) is 3. The van der Waals surface area contributed by atoms with Crippen molar-refractivity contribution in [2.24, 2.45) is 17.6 Å². The lowest BCUT2D eigenvalue weighted by atomic mass is 9.92. The van der Waals surface area contributed by atoms with Crippen LogP contribution in [0.1, 0.15) is 70.1 Å². The Bertz CT molecular complexity index is 405. The topological polar surface area (TPSA) is 56.7 Å². The lowest BCUT2D eigenvalue weighted by Crippen LogP contribution is -2.23. The van der Waals surface area contributed by atoms with Crippen LogP contribution in [0, 0.1) is 18.8 Å². The van der Waals surface area contributed by atoms with E-state index in [1.54, 1.807) is 0 Å². The molecule has 20 heavy (non-hydrogen) atoms. The van der Waals surface area contributed by atoms with E-state index in [-0.39, 0.29) is 0 Å². The van der Waals surface area contributed by atoms with Crippen molar-refractivity contribution in [3.63, 3.8) is 0 Å². The SMILES string of the molecule is Cc1nnc(C[C@@H](CN)CC(C)C)n1C1CCCCC1. The second-order valence-electron chi connectivity index (χ2n) is 6.76. The van der Waals surface area contributed by atoms with Gasteiger partial charge < -0.3 is 10.3 Å². The minimum atomic E-state index is 0.529. The highest BCUT2D eigenvalue weighted by Gasteiger charge is 2.22. The van der Waals surface area contributed by atoms with Gasteiger partial charge in [0.05, 0.1) is 0 Å². The molecule has 2 rings (SSSR count). The van der Waals surface area contributed by atoms with E-state index in [2.05, 4.69) is 35.5 Å². The number of aryl methyl sites for hydroxylation is 1. The van der Waals surface area contributed by atoms with Crippen molar-refractivity contribution in [3.8, 4) is 0 Å². The molecule has 0 bridgehead atoms. The van der Waals surface area contributed by atoms with Crippen molar-refractivity contribution >= 4 is 0 Å². The molecule has 1 aliphatic carbocycles. The molecule has 1 atom stereocenters. The molecular formula is C16H30N4. The van der Waals surface area contributed by atoms with Crippen LogP contribution in [0.2, 0.25) is 0 Å². The van der Waals surface area contributed by atoms with Crippen LogP contribution >= 0.6 is 0 Å². The molecule has 1 aromatic heterocycles. The molecule has 1 heterocycles. The average molecular weight is 278 g/mol. The zero-order chi connectivity index (χ0) is 14.5. The van der Waals surface area contributed by atoms with Crippen molar-refractivity contribution in [1.29, 1.82) is 0 Å². The molecule has 0 aliphatic heterocycles. The maximum absolute atomic E-state index is 5.95. The van der Waals surface area contributed by atoms with Crippen LogP contribution in [0.25, 0.3) is 0 Å². The van der Waals surface area contributed by atoms with Gasteiger partial charge in [-0.3, -0.25) is 0 Å². The molecule has 2 N–H and O–H groups in total. The van der Waals surface area contributed by atoms with Gasteiger partial charge in [0.25, 0.3) is 0 Å². The number of rotatable bonds is 6. The standard InChI is InChI=1S/C16H30N4/c1-12(2)9-14(11-17)10-16-19-18-13(3)20(16)15-7-5-4-6-8-15/h12,14-15H,4-11,17H2,1-3H3/t14-/m0/s1. The third-order valence-corrected chi connectivity index (χ3v) is 4.49. The van der Waals surface area contributed by atoms with E-state index in [4.69, 9.17) is 5.73 Å². The van der Waals surface area contributed by atoms with Crippen molar-refractivity contribution in [3.05, 3.63) is 11.6 Å². The van der Waals surface area contributed by atoms with Crippen LogP contribution in [0.15, 0.2) is 0 Å². The molecule has 1 fully saturated rings. The Hall–Kier alpha value is -0.900. The highest BCUT2D eigenvalue weighted by atomic mass is 15.3. The van der Waals surface area contributed by atoms with E-state index in [9.17, 15) is 0 Å². The lowest BCUT2D eigenvalue weighted by molar-refractivity contribution is 0.330. The van der Waals surface area contributed by atoms with Gasteiger partial charge in [0.1, 0.15) is 11.6 Å². The number of nitrogens with zero attached hydrogens (tertiary/aromatic N) is 3. The van der Waals surface area contributed by atoms with Gasteiger partial charge in [0.2, 0.25) is 0 Å². The Kier molecular flexibility index (Phi) is 5.58. The molecule has 0 saturated heterocycles. The number of nitrogens with two attached hydrogens (primary N) is 1. The van der Waals surface area contributed by atoms with Crippen molar-refractivity contribution in [2.75, 3.05) is 6.54 Å². The molecule has 0 amide bonds. The predicted octanol–water partition coefficient (Wildman–Crippen LogP) is 3.26. The van der Waals surface area contributed by atoms with Crippen LogP contribution in [-0.4, -0.2) is 21.3 Å². The molecule has 1 aliphatic rings. The quantitative estimate of drug-likeness (QED) is 0.869. The third kappa shape index (κ3) is 3.81. The first-order valence-corrected chi connectivity index (χ1v) is 8.22. The number of hydrogen-bond donors (Lipinski definition) is 1. The van der Waals surface area contributed by atoms with Gasteiger partial charge in [-0.05, 0) is 44.6 Å². The molecule has 114 valence electrons. The van der Waals surface area contributed by atoms with Gasteiger partial charge in [0.15, 0.2) is 0 Å². The first-order valence-electron chi connectivity index (χ1n) is 8.22. The van der Waals surface area contributed by atoms with Crippen LogP contribution < -0.4 is 5.73 Å². The summed E-state index contributed by atoms with van der Waals surface area (Å²) in [6, 6.07) is 0.617. The van der Waals surface area contributed by atoms with E-state index in [1.807, 2.05) is 0 Å². The van der Waals surface area contributed by atoms with Gasteiger partial charge in [-0.2, -0.15) is 0 Å². The highest BCUT2D eigenvalue weighted by molar-refractivity contribution is 4.99. The molecule has 0 radical (unpaired) electrons. The van der Waals surface area contributed by atoms with Crippen LogP contribution in [0.3, 0.4) is 0 Å². The Labute approximate surface area is 123 Å². The van der Waals surface area contributed by atoms with Gasteiger partial charge in [-0.25, -0.2) is 0 Å². The summed E-state index contributed by atoms with van der Waals surface area (Å²) in [7, 11) is 0. The Morgan fingerprint density at radius 2 is 1.90 bits per heavy atom. The van der Waals surface area contributed by atoms with Gasteiger partial charge in [-0.1, -0.05) is 33.1 Å². The smallest absolute Gasteiger partial charge is 0.133 e. The fraction of sp³-hybridized carbons (Fsp3) is 0.875. The predicted molar refractivity (Wildman–Crippen MR) is 82.6 cm³/mol.